The summed E-state index contributed by atoms with van der Waals surface area (Å²) in [6, 6.07) is 12.7. The van der Waals surface area contributed by atoms with Gasteiger partial charge in [-0.15, -0.1) is 0 Å². The lowest BCUT2D eigenvalue weighted by Gasteiger charge is -2.13. The number of methoxy groups -OCH3 is 2. The first-order chi connectivity index (χ1) is 17.3. The van der Waals surface area contributed by atoms with E-state index >= 15 is 0 Å². The number of hydrogen-bond acceptors (Lipinski definition) is 7. The summed E-state index contributed by atoms with van der Waals surface area (Å²) in [7, 11) is 2.97. The molecule has 2 aromatic rings. The number of benzene rings is 2. The molecule has 0 atom stereocenters. The topological polar surface area (TPSA) is 107 Å². The molecule has 0 saturated carbocycles. The Morgan fingerprint density at radius 3 is 2.50 bits per heavy atom. The maximum atomic E-state index is 12.3. The van der Waals surface area contributed by atoms with Gasteiger partial charge >= 0.3 is 5.97 Å². The summed E-state index contributed by atoms with van der Waals surface area (Å²) in [6.45, 7) is 7.40. The van der Waals surface area contributed by atoms with Gasteiger partial charge in [0.1, 0.15) is 17.4 Å². The molecular formula is C28H34N2O6. The van der Waals surface area contributed by atoms with Crippen LogP contribution in [0.1, 0.15) is 49.3 Å². The van der Waals surface area contributed by atoms with E-state index in [0.29, 0.717) is 43.4 Å². The highest BCUT2D eigenvalue weighted by Crippen LogP contribution is 2.29. The van der Waals surface area contributed by atoms with E-state index in [0.717, 1.165) is 5.75 Å². The summed E-state index contributed by atoms with van der Waals surface area (Å²) in [6.07, 6.45) is 2.10. The molecule has 1 N–H and O–H groups in total. The van der Waals surface area contributed by atoms with Crippen molar-refractivity contribution in [2.75, 3.05) is 34.0 Å². The number of carbonyl (C=O) groups excluding carboxylic acids is 2. The number of nitrogens with zero attached hydrogens (tertiary/aromatic N) is 1. The lowest BCUT2D eigenvalue weighted by molar-refractivity contribution is -0.134. The Morgan fingerprint density at radius 2 is 1.86 bits per heavy atom. The Kier molecular flexibility index (Phi) is 11.5. The number of aryl methyl sites for hydroxylation is 1. The monoisotopic (exact) mass is 494 g/mol. The van der Waals surface area contributed by atoms with Crippen LogP contribution in [0.15, 0.2) is 42.0 Å². The van der Waals surface area contributed by atoms with Crippen molar-refractivity contribution in [1.29, 1.82) is 5.26 Å². The first-order valence-electron chi connectivity index (χ1n) is 11.8. The summed E-state index contributed by atoms with van der Waals surface area (Å²) in [4.78, 5) is 24.5. The summed E-state index contributed by atoms with van der Waals surface area (Å²) in [5, 5.41) is 11.9. The molecule has 8 heteroatoms. The van der Waals surface area contributed by atoms with Gasteiger partial charge in [-0.2, -0.15) is 5.26 Å². The predicted octanol–water partition coefficient (Wildman–Crippen LogP) is 4.56. The number of amides is 1. The second-order valence-corrected chi connectivity index (χ2v) is 8.43. The van der Waals surface area contributed by atoms with Crippen molar-refractivity contribution in [3.63, 3.8) is 0 Å². The van der Waals surface area contributed by atoms with Crippen LogP contribution in [0.3, 0.4) is 0 Å². The second-order valence-electron chi connectivity index (χ2n) is 8.43. The third-order valence-corrected chi connectivity index (χ3v) is 5.34. The molecule has 0 heterocycles. The van der Waals surface area contributed by atoms with E-state index in [1.54, 1.807) is 18.2 Å². The number of esters is 1. The largest absolute Gasteiger partial charge is 0.494 e. The van der Waals surface area contributed by atoms with Crippen molar-refractivity contribution in [1.82, 2.24) is 5.32 Å². The van der Waals surface area contributed by atoms with E-state index in [2.05, 4.69) is 32.2 Å². The normalized spacial score (nSPS) is 11.1. The molecule has 192 valence electrons. The number of ether oxygens (including phenoxy) is 4. The average molecular weight is 495 g/mol. The molecule has 2 rings (SSSR count). The Labute approximate surface area is 212 Å². The van der Waals surface area contributed by atoms with E-state index in [9.17, 15) is 14.9 Å². The van der Waals surface area contributed by atoms with Crippen LogP contribution in [0.2, 0.25) is 0 Å². The first kappa shape index (κ1) is 28.4. The first-order valence-corrected chi connectivity index (χ1v) is 11.8. The Balaban J connectivity index is 1.92. The Morgan fingerprint density at radius 1 is 1.08 bits per heavy atom. The van der Waals surface area contributed by atoms with E-state index in [4.69, 9.17) is 18.9 Å². The SMILES string of the molecule is COCCNC(=O)/C(C#N)=C/c1ccc(OC(=O)CCCOc2ccc(C(C)C)c(C)c2)c(OC)c1. The quantitative estimate of drug-likeness (QED) is 0.143. The predicted molar refractivity (Wildman–Crippen MR) is 137 cm³/mol. The minimum absolute atomic E-state index is 0.0630. The third-order valence-electron chi connectivity index (χ3n) is 5.34. The van der Waals surface area contributed by atoms with Crippen LogP contribution >= 0.6 is 0 Å². The molecule has 0 aromatic heterocycles. The van der Waals surface area contributed by atoms with Gasteiger partial charge in [0.2, 0.25) is 0 Å². The van der Waals surface area contributed by atoms with E-state index < -0.39 is 11.9 Å². The van der Waals surface area contributed by atoms with Gasteiger partial charge < -0.3 is 24.3 Å². The molecule has 0 aliphatic rings. The number of rotatable bonds is 13. The van der Waals surface area contributed by atoms with Gasteiger partial charge in [-0.25, -0.2) is 0 Å². The molecule has 0 spiro atoms. The highest BCUT2D eigenvalue weighted by molar-refractivity contribution is 6.01. The average Bonchev–Trinajstić information content (AvgIpc) is 2.85. The van der Waals surface area contributed by atoms with Crippen LogP contribution in [-0.4, -0.2) is 45.9 Å². The molecule has 0 unspecified atom stereocenters. The molecule has 0 fully saturated rings. The van der Waals surface area contributed by atoms with Gasteiger partial charge in [0.15, 0.2) is 11.5 Å². The fourth-order valence-electron chi connectivity index (χ4n) is 3.50. The highest BCUT2D eigenvalue weighted by Gasteiger charge is 2.13. The fraction of sp³-hybridized carbons (Fsp3) is 0.393. The van der Waals surface area contributed by atoms with Gasteiger partial charge in [0, 0.05) is 20.1 Å². The molecule has 8 nitrogen and oxygen atoms in total. The van der Waals surface area contributed by atoms with Crippen molar-refractivity contribution in [3.8, 4) is 23.3 Å². The standard InChI is InChI=1S/C28H34N2O6/c1-19(2)24-10-9-23(15-20(24)3)35-13-6-7-27(31)36-25-11-8-21(17-26(25)34-5)16-22(18-29)28(32)30-12-14-33-4/h8-11,15-17,19H,6-7,12-14H2,1-5H3,(H,30,32)/b22-16+. The smallest absolute Gasteiger partial charge is 0.311 e. The van der Waals surface area contributed by atoms with E-state index in [-0.39, 0.29) is 17.7 Å². The number of carbonyl (C=O) groups is 2. The summed E-state index contributed by atoms with van der Waals surface area (Å²) >= 11 is 0. The van der Waals surface area contributed by atoms with Gasteiger partial charge in [0.05, 0.1) is 20.3 Å². The molecule has 0 bridgehead atoms. The summed E-state index contributed by atoms with van der Waals surface area (Å²) in [5.74, 6) is 0.878. The minimum Gasteiger partial charge on any atom is -0.494 e. The minimum atomic E-state index is -0.503. The van der Waals surface area contributed by atoms with Gasteiger partial charge in [0.25, 0.3) is 5.91 Å². The van der Waals surface area contributed by atoms with Crippen molar-refractivity contribution >= 4 is 18.0 Å². The molecule has 1 amide bonds. The van der Waals surface area contributed by atoms with E-state index in [1.807, 2.05) is 18.2 Å². The molecule has 0 saturated heterocycles. The third kappa shape index (κ3) is 8.75. The highest BCUT2D eigenvalue weighted by atomic mass is 16.6. The van der Waals surface area contributed by atoms with Crippen LogP contribution in [0, 0.1) is 18.3 Å². The zero-order valence-corrected chi connectivity index (χ0v) is 21.6. The summed E-state index contributed by atoms with van der Waals surface area (Å²) < 4.78 is 21.4. The lowest BCUT2D eigenvalue weighted by Crippen LogP contribution is -2.27. The number of nitrogens with one attached hydrogen (secondary N) is 1. The van der Waals surface area contributed by atoms with Crippen molar-refractivity contribution in [2.45, 2.75) is 39.5 Å². The lowest BCUT2D eigenvalue weighted by atomic mass is 9.98. The maximum Gasteiger partial charge on any atom is 0.311 e. The zero-order valence-electron chi connectivity index (χ0n) is 21.6. The van der Waals surface area contributed by atoms with Crippen LogP contribution in [-0.2, 0) is 14.3 Å². The number of hydrogen-bond donors (Lipinski definition) is 1. The second kappa shape index (κ2) is 14.5. The summed E-state index contributed by atoms with van der Waals surface area (Å²) in [5.41, 5.74) is 2.96. The molecule has 0 aliphatic heterocycles. The van der Waals surface area contributed by atoms with Gasteiger partial charge in [-0.3, -0.25) is 9.59 Å². The van der Waals surface area contributed by atoms with Crippen LogP contribution in [0.25, 0.3) is 6.08 Å². The Bertz CT molecular complexity index is 1120. The van der Waals surface area contributed by atoms with Crippen molar-refractivity contribution in [2.24, 2.45) is 0 Å². The van der Waals surface area contributed by atoms with Crippen molar-refractivity contribution < 1.29 is 28.5 Å². The molecule has 0 aliphatic carbocycles. The molecular weight excluding hydrogens is 460 g/mol. The molecule has 2 aromatic carbocycles. The Hall–Kier alpha value is -3.83. The fourth-order valence-corrected chi connectivity index (χ4v) is 3.50. The van der Waals surface area contributed by atoms with Crippen LogP contribution in [0.4, 0.5) is 0 Å². The van der Waals surface area contributed by atoms with Gasteiger partial charge in [-0.1, -0.05) is 26.0 Å². The van der Waals surface area contributed by atoms with Crippen LogP contribution < -0.4 is 19.5 Å². The number of nitriles is 1. The van der Waals surface area contributed by atoms with E-state index in [1.165, 1.54) is 31.4 Å². The molecule has 36 heavy (non-hydrogen) atoms. The maximum absolute atomic E-state index is 12.3. The van der Waals surface area contributed by atoms with Gasteiger partial charge in [-0.05, 0) is 66.3 Å². The van der Waals surface area contributed by atoms with Crippen LogP contribution in [0.5, 0.6) is 17.2 Å². The zero-order chi connectivity index (χ0) is 26.5. The molecule has 0 radical (unpaired) electrons. The van der Waals surface area contributed by atoms with Crippen molar-refractivity contribution in [3.05, 3.63) is 58.7 Å².